The molecule has 0 amide bonds. The SMILES string of the molecule is FC(F)(F)COCCNC1CCCc2sc(I)cc21. The lowest BCUT2D eigenvalue weighted by Gasteiger charge is -2.23. The van der Waals surface area contributed by atoms with Crippen LogP contribution in [0.2, 0.25) is 0 Å². The fourth-order valence-corrected chi connectivity index (χ4v) is 4.35. The molecule has 0 fully saturated rings. The number of fused-ring (bicyclic) bond motifs is 1. The second kappa shape index (κ2) is 6.73. The van der Waals surface area contributed by atoms with E-state index in [-0.39, 0.29) is 12.6 Å². The fraction of sp³-hybridized carbons (Fsp3) is 0.667. The minimum absolute atomic E-state index is 0.0899. The molecule has 7 heteroatoms. The van der Waals surface area contributed by atoms with E-state index in [2.05, 4.69) is 38.7 Å². The van der Waals surface area contributed by atoms with Gasteiger partial charge in [0.15, 0.2) is 0 Å². The van der Waals surface area contributed by atoms with E-state index in [0.717, 1.165) is 19.3 Å². The highest BCUT2D eigenvalue weighted by Gasteiger charge is 2.27. The van der Waals surface area contributed by atoms with Crippen LogP contribution in [0.25, 0.3) is 0 Å². The number of aryl methyl sites for hydroxylation is 1. The number of alkyl halides is 3. The number of thiophene rings is 1. The molecule has 19 heavy (non-hydrogen) atoms. The Kier molecular flexibility index (Phi) is 5.50. The van der Waals surface area contributed by atoms with Gasteiger partial charge in [-0.2, -0.15) is 13.2 Å². The molecule has 1 unspecified atom stereocenters. The Morgan fingerprint density at radius 2 is 2.26 bits per heavy atom. The third-order valence-electron chi connectivity index (χ3n) is 2.99. The van der Waals surface area contributed by atoms with Crippen molar-refractivity contribution in [2.45, 2.75) is 31.5 Å². The summed E-state index contributed by atoms with van der Waals surface area (Å²) < 4.78 is 41.5. The maximum absolute atomic E-state index is 11.9. The van der Waals surface area contributed by atoms with Gasteiger partial charge in [0.1, 0.15) is 6.61 Å². The minimum Gasteiger partial charge on any atom is -0.371 e. The van der Waals surface area contributed by atoms with E-state index in [9.17, 15) is 13.2 Å². The third-order valence-corrected chi connectivity index (χ3v) is 4.96. The van der Waals surface area contributed by atoms with Gasteiger partial charge in [0.25, 0.3) is 0 Å². The Hall–Kier alpha value is 0.140. The van der Waals surface area contributed by atoms with Crippen LogP contribution in [0.3, 0.4) is 0 Å². The largest absolute Gasteiger partial charge is 0.411 e. The van der Waals surface area contributed by atoms with Gasteiger partial charge in [-0.3, -0.25) is 0 Å². The van der Waals surface area contributed by atoms with Crippen molar-refractivity contribution < 1.29 is 17.9 Å². The van der Waals surface area contributed by atoms with Gasteiger partial charge >= 0.3 is 6.18 Å². The molecule has 2 rings (SSSR count). The van der Waals surface area contributed by atoms with Crippen molar-refractivity contribution >= 4 is 33.9 Å². The predicted octanol–water partition coefficient (Wildman–Crippen LogP) is 3.90. The first-order chi connectivity index (χ1) is 8.96. The molecule has 1 heterocycles. The van der Waals surface area contributed by atoms with Crippen molar-refractivity contribution in [3.05, 3.63) is 19.4 Å². The van der Waals surface area contributed by atoms with Gasteiger partial charge in [-0.15, -0.1) is 11.3 Å². The lowest BCUT2D eigenvalue weighted by Crippen LogP contribution is -2.29. The first kappa shape index (κ1) is 15.5. The Balaban J connectivity index is 1.75. The Morgan fingerprint density at radius 3 is 3.00 bits per heavy atom. The van der Waals surface area contributed by atoms with Crippen LogP contribution in [0.4, 0.5) is 13.2 Å². The quantitative estimate of drug-likeness (QED) is 0.593. The molecule has 0 aliphatic heterocycles. The summed E-state index contributed by atoms with van der Waals surface area (Å²) >= 11 is 4.12. The summed E-state index contributed by atoms with van der Waals surface area (Å²) in [5.41, 5.74) is 1.32. The summed E-state index contributed by atoms with van der Waals surface area (Å²) in [6, 6.07) is 2.44. The van der Waals surface area contributed by atoms with Gasteiger partial charge in [-0.25, -0.2) is 0 Å². The van der Waals surface area contributed by atoms with Crippen LogP contribution in [-0.2, 0) is 11.2 Å². The predicted molar refractivity (Wildman–Crippen MR) is 77.6 cm³/mol. The average molecular weight is 405 g/mol. The van der Waals surface area contributed by atoms with Crippen LogP contribution in [0.15, 0.2) is 6.07 Å². The van der Waals surface area contributed by atoms with Crippen molar-refractivity contribution in [2.75, 3.05) is 19.8 Å². The topological polar surface area (TPSA) is 21.3 Å². The van der Waals surface area contributed by atoms with Crippen molar-refractivity contribution in [2.24, 2.45) is 0 Å². The van der Waals surface area contributed by atoms with Gasteiger partial charge < -0.3 is 10.1 Å². The summed E-state index contributed by atoms with van der Waals surface area (Å²) in [5, 5.41) is 3.29. The van der Waals surface area contributed by atoms with Gasteiger partial charge in [0.05, 0.1) is 9.49 Å². The third kappa shape index (κ3) is 4.87. The molecule has 2 nitrogen and oxygen atoms in total. The molecule has 0 saturated carbocycles. The summed E-state index contributed by atoms with van der Waals surface area (Å²) in [6.45, 7) is -0.625. The molecule has 1 aliphatic rings. The van der Waals surface area contributed by atoms with Crippen molar-refractivity contribution in [3.63, 3.8) is 0 Å². The summed E-state index contributed by atoms with van der Waals surface area (Å²) in [7, 11) is 0. The number of ether oxygens (including phenoxy) is 1. The highest BCUT2D eigenvalue weighted by atomic mass is 127. The van der Waals surface area contributed by atoms with Crippen molar-refractivity contribution in [1.29, 1.82) is 0 Å². The maximum atomic E-state index is 11.9. The van der Waals surface area contributed by atoms with E-state index >= 15 is 0 Å². The number of halogens is 4. The average Bonchev–Trinajstić information content (AvgIpc) is 2.68. The van der Waals surface area contributed by atoms with E-state index in [0.29, 0.717) is 6.54 Å². The Bertz CT molecular complexity index is 422. The first-order valence-corrected chi connectivity index (χ1v) is 8.01. The van der Waals surface area contributed by atoms with Gasteiger partial charge in [0, 0.05) is 17.5 Å². The zero-order valence-corrected chi connectivity index (χ0v) is 13.2. The standard InChI is InChI=1S/C12H15F3INOS/c13-12(14,15)7-18-5-4-17-9-2-1-3-10-8(9)6-11(16)19-10/h6,9,17H,1-5,7H2. The molecule has 0 radical (unpaired) electrons. The highest BCUT2D eigenvalue weighted by molar-refractivity contribution is 14.1. The van der Waals surface area contributed by atoms with E-state index in [1.165, 1.54) is 13.3 Å². The van der Waals surface area contributed by atoms with E-state index < -0.39 is 12.8 Å². The second-order valence-electron chi connectivity index (χ2n) is 4.50. The molecule has 0 saturated heterocycles. The van der Waals surface area contributed by atoms with Gasteiger partial charge in [0.2, 0.25) is 0 Å². The van der Waals surface area contributed by atoms with E-state index in [1.54, 1.807) is 0 Å². The lowest BCUT2D eigenvalue weighted by molar-refractivity contribution is -0.173. The molecule has 0 bridgehead atoms. The first-order valence-electron chi connectivity index (χ1n) is 6.12. The van der Waals surface area contributed by atoms with Crippen LogP contribution in [0, 0.1) is 2.88 Å². The zero-order chi connectivity index (χ0) is 13.9. The summed E-state index contributed by atoms with van der Waals surface area (Å²) in [4.78, 5) is 1.41. The van der Waals surface area contributed by atoms with Crippen LogP contribution in [0.1, 0.15) is 29.3 Å². The molecule has 1 aromatic heterocycles. The zero-order valence-electron chi connectivity index (χ0n) is 10.2. The van der Waals surface area contributed by atoms with Crippen molar-refractivity contribution in [3.8, 4) is 0 Å². The molecule has 0 spiro atoms. The number of nitrogens with one attached hydrogen (secondary N) is 1. The van der Waals surface area contributed by atoms with Crippen LogP contribution in [0.5, 0.6) is 0 Å². The number of hydrogen-bond acceptors (Lipinski definition) is 3. The minimum atomic E-state index is -4.23. The normalized spacial score (nSPS) is 19.5. The molecule has 1 aliphatic carbocycles. The molecular weight excluding hydrogens is 390 g/mol. The molecule has 0 aromatic carbocycles. The molecule has 1 aromatic rings. The lowest BCUT2D eigenvalue weighted by atomic mass is 9.94. The number of hydrogen-bond donors (Lipinski definition) is 1. The van der Waals surface area contributed by atoms with Crippen molar-refractivity contribution in [1.82, 2.24) is 5.32 Å². The van der Waals surface area contributed by atoms with Gasteiger partial charge in [-0.05, 0) is 53.5 Å². The highest BCUT2D eigenvalue weighted by Crippen LogP contribution is 2.36. The van der Waals surface area contributed by atoms with E-state index in [1.807, 2.05) is 11.3 Å². The maximum Gasteiger partial charge on any atom is 0.411 e. The molecular formula is C12H15F3INOS. The molecule has 1 N–H and O–H groups in total. The van der Waals surface area contributed by atoms with Gasteiger partial charge in [-0.1, -0.05) is 0 Å². The fourth-order valence-electron chi connectivity index (χ4n) is 2.23. The number of rotatable bonds is 5. The van der Waals surface area contributed by atoms with E-state index in [4.69, 9.17) is 0 Å². The summed E-state index contributed by atoms with van der Waals surface area (Å²) in [6.07, 6.45) is -0.947. The van der Waals surface area contributed by atoms with Crippen LogP contribution >= 0.6 is 33.9 Å². The smallest absolute Gasteiger partial charge is 0.371 e. The summed E-state index contributed by atoms with van der Waals surface area (Å²) in [5.74, 6) is 0. The Morgan fingerprint density at radius 1 is 1.47 bits per heavy atom. The Labute approximate surface area is 127 Å². The van der Waals surface area contributed by atoms with Crippen LogP contribution < -0.4 is 5.32 Å². The molecule has 1 atom stereocenters. The monoisotopic (exact) mass is 405 g/mol. The van der Waals surface area contributed by atoms with Crippen LogP contribution in [-0.4, -0.2) is 25.9 Å². The second-order valence-corrected chi connectivity index (χ2v) is 7.53. The molecule has 108 valence electrons.